The Kier molecular flexibility index (Phi) is 4.77. The second kappa shape index (κ2) is 6.37. The monoisotopic (exact) mass is 398 g/mol. The van der Waals surface area contributed by atoms with Crippen molar-refractivity contribution in [3.05, 3.63) is 67.1 Å². The van der Waals surface area contributed by atoms with Gasteiger partial charge in [0.1, 0.15) is 0 Å². The van der Waals surface area contributed by atoms with Crippen LogP contribution in [0.3, 0.4) is 0 Å². The summed E-state index contributed by atoms with van der Waals surface area (Å²) >= 11 is 6.97. The van der Waals surface area contributed by atoms with E-state index in [-0.39, 0.29) is 16.7 Å². The number of nitrogens with one attached hydrogen (secondary N) is 1. The highest BCUT2D eigenvalue weighted by atomic mass is 79.9. The lowest BCUT2D eigenvalue weighted by atomic mass is 10.1. The third kappa shape index (κ3) is 3.37. The second-order valence-corrected chi connectivity index (χ2v) is 6.02. The summed E-state index contributed by atoms with van der Waals surface area (Å²) in [5.74, 6) is 0. The lowest BCUT2D eigenvalue weighted by Gasteiger charge is -2.18. The Morgan fingerprint density at radius 2 is 1.75 bits per heavy atom. The van der Waals surface area contributed by atoms with Crippen molar-refractivity contribution < 1.29 is 4.92 Å². The third-order valence-electron chi connectivity index (χ3n) is 2.90. The number of hydrogen-bond donors (Lipinski definition) is 1. The molecular weight excluding hydrogens is 388 g/mol. The molecule has 2 rings (SSSR count). The van der Waals surface area contributed by atoms with E-state index in [0.29, 0.717) is 0 Å². The fraction of sp³-hybridized carbons (Fsp3) is 0.143. The summed E-state index contributed by atoms with van der Waals surface area (Å²) in [5.41, 5.74) is 1.88. The first-order chi connectivity index (χ1) is 9.49. The molecule has 0 radical (unpaired) electrons. The van der Waals surface area contributed by atoms with Gasteiger partial charge in [0, 0.05) is 27.1 Å². The van der Waals surface area contributed by atoms with Gasteiger partial charge in [0.25, 0.3) is 5.69 Å². The van der Waals surface area contributed by atoms with Crippen LogP contribution in [0, 0.1) is 10.1 Å². The van der Waals surface area contributed by atoms with E-state index in [0.717, 1.165) is 20.2 Å². The molecule has 0 aromatic heterocycles. The topological polar surface area (TPSA) is 55.2 Å². The number of benzene rings is 2. The number of nitro benzene ring substituents is 1. The molecule has 0 aliphatic rings. The highest BCUT2D eigenvalue weighted by Crippen LogP contribution is 2.33. The molecule has 0 saturated heterocycles. The van der Waals surface area contributed by atoms with Gasteiger partial charge in [0.2, 0.25) is 0 Å². The Morgan fingerprint density at radius 3 is 2.35 bits per heavy atom. The summed E-state index contributed by atoms with van der Waals surface area (Å²) in [6.45, 7) is 1.96. The molecule has 0 bridgehead atoms. The molecule has 2 aromatic rings. The van der Waals surface area contributed by atoms with E-state index >= 15 is 0 Å². The van der Waals surface area contributed by atoms with Gasteiger partial charge in [-0.15, -0.1) is 0 Å². The van der Waals surface area contributed by atoms with Crippen LogP contribution in [0.1, 0.15) is 18.5 Å². The summed E-state index contributed by atoms with van der Waals surface area (Å²) in [5, 5.41) is 14.2. The molecule has 2 aromatic carbocycles. The zero-order chi connectivity index (χ0) is 14.7. The van der Waals surface area contributed by atoms with Gasteiger partial charge in [0.15, 0.2) is 0 Å². The van der Waals surface area contributed by atoms with Crippen molar-refractivity contribution in [2.24, 2.45) is 0 Å². The molecule has 0 amide bonds. The van der Waals surface area contributed by atoms with Crippen molar-refractivity contribution in [1.29, 1.82) is 0 Å². The molecule has 0 aliphatic heterocycles. The zero-order valence-corrected chi connectivity index (χ0v) is 13.8. The lowest BCUT2D eigenvalue weighted by Crippen LogP contribution is -2.08. The van der Waals surface area contributed by atoms with E-state index in [1.165, 1.54) is 6.07 Å². The van der Waals surface area contributed by atoms with Crippen LogP contribution in [0.2, 0.25) is 0 Å². The first-order valence-electron chi connectivity index (χ1n) is 5.94. The molecule has 1 unspecified atom stereocenters. The molecule has 4 nitrogen and oxygen atoms in total. The fourth-order valence-electron chi connectivity index (χ4n) is 1.84. The van der Waals surface area contributed by atoms with E-state index < -0.39 is 0 Å². The quantitative estimate of drug-likeness (QED) is 0.561. The molecule has 1 N–H and O–H groups in total. The standard InChI is InChI=1S/C14H12Br2N2O2/c1-9(10-4-2-5-11(8-10)18(19)20)17-14-12(15)6-3-7-13(14)16/h2-9,17H,1H3. The van der Waals surface area contributed by atoms with Gasteiger partial charge in [-0.1, -0.05) is 18.2 Å². The van der Waals surface area contributed by atoms with Crippen LogP contribution in [0.4, 0.5) is 11.4 Å². The van der Waals surface area contributed by atoms with Gasteiger partial charge in [0.05, 0.1) is 10.6 Å². The summed E-state index contributed by atoms with van der Waals surface area (Å²) in [6, 6.07) is 12.4. The predicted octanol–water partition coefficient (Wildman–Crippen LogP) is 5.29. The van der Waals surface area contributed by atoms with Crippen molar-refractivity contribution in [3.8, 4) is 0 Å². The Balaban J connectivity index is 2.26. The van der Waals surface area contributed by atoms with Crippen molar-refractivity contribution in [2.45, 2.75) is 13.0 Å². The Labute approximate surface area is 133 Å². The van der Waals surface area contributed by atoms with Gasteiger partial charge < -0.3 is 5.32 Å². The summed E-state index contributed by atoms with van der Waals surface area (Å²) < 4.78 is 1.87. The maximum absolute atomic E-state index is 10.8. The van der Waals surface area contributed by atoms with Crippen LogP contribution < -0.4 is 5.32 Å². The van der Waals surface area contributed by atoms with Crippen molar-refractivity contribution >= 4 is 43.2 Å². The Hall–Kier alpha value is -1.40. The molecule has 0 heterocycles. The SMILES string of the molecule is CC(Nc1c(Br)cccc1Br)c1cccc([N+](=O)[O-])c1. The predicted molar refractivity (Wildman–Crippen MR) is 87.0 cm³/mol. The normalized spacial score (nSPS) is 11.9. The second-order valence-electron chi connectivity index (χ2n) is 4.31. The molecule has 104 valence electrons. The van der Waals surface area contributed by atoms with Gasteiger partial charge in [-0.2, -0.15) is 0 Å². The minimum atomic E-state index is -0.384. The van der Waals surface area contributed by atoms with Crippen molar-refractivity contribution in [2.75, 3.05) is 5.32 Å². The zero-order valence-electron chi connectivity index (χ0n) is 10.6. The van der Waals surface area contributed by atoms with Crippen molar-refractivity contribution in [3.63, 3.8) is 0 Å². The highest BCUT2D eigenvalue weighted by Gasteiger charge is 2.13. The highest BCUT2D eigenvalue weighted by molar-refractivity contribution is 9.11. The first-order valence-corrected chi connectivity index (χ1v) is 7.52. The molecule has 20 heavy (non-hydrogen) atoms. The molecule has 0 saturated carbocycles. The molecule has 0 spiro atoms. The van der Waals surface area contributed by atoms with Gasteiger partial charge in [-0.25, -0.2) is 0 Å². The van der Waals surface area contributed by atoms with Crippen LogP contribution in [0.15, 0.2) is 51.4 Å². The van der Waals surface area contributed by atoms with Gasteiger partial charge >= 0.3 is 0 Å². The van der Waals surface area contributed by atoms with E-state index in [2.05, 4.69) is 37.2 Å². The molecule has 0 aliphatic carbocycles. The number of non-ortho nitro benzene ring substituents is 1. The minimum absolute atomic E-state index is 0.0510. The van der Waals surface area contributed by atoms with E-state index in [1.54, 1.807) is 12.1 Å². The summed E-state index contributed by atoms with van der Waals surface area (Å²) in [7, 11) is 0. The Bertz CT molecular complexity index is 627. The van der Waals surface area contributed by atoms with Crippen molar-refractivity contribution in [1.82, 2.24) is 0 Å². The van der Waals surface area contributed by atoms with Crippen LogP contribution in [0.5, 0.6) is 0 Å². The number of halogens is 2. The van der Waals surface area contributed by atoms with E-state index in [1.807, 2.05) is 31.2 Å². The van der Waals surface area contributed by atoms with E-state index in [4.69, 9.17) is 0 Å². The first kappa shape index (κ1) is 15.0. The maximum atomic E-state index is 10.8. The van der Waals surface area contributed by atoms with Crippen LogP contribution >= 0.6 is 31.9 Å². The van der Waals surface area contributed by atoms with Gasteiger partial charge in [-0.05, 0) is 56.5 Å². The molecular formula is C14H12Br2N2O2. The van der Waals surface area contributed by atoms with E-state index in [9.17, 15) is 10.1 Å². The third-order valence-corrected chi connectivity index (χ3v) is 4.23. The number of nitro groups is 1. The molecule has 6 heteroatoms. The molecule has 1 atom stereocenters. The lowest BCUT2D eigenvalue weighted by molar-refractivity contribution is -0.384. The largest absolute Gasteiger partial charge is 0.377 e. The molecule has 0 fully saturated rings. The average molecular weight is 400 g/mol. The number of hydrogen-bond acceptors (Lipinski definition) is 3. The number of para-hydroxylation sites is 1. The maximum Gasteiger partial charge on any atom is 0.269 e. The summed E-state index contributed by atoms with van der Waals surface area (Å²) in [6.07, 6.45) is 0. The minimum Gasteiger partial charge on any atom is -0.377 e. The number of nitrogens with zero attached hydrogens (tertiary/aromatic N) is 1. The van der Waals surface area contributed by atoms with Gasteiger partial charge in [-0.3, -0.25) is 10.1 Å². The van der Waals surface area contributed by atoms with Crippen LogP contribution in [-0.4, -0.2) is 4.92 Å². The number of anilines is 1. The van der Waals surface area contributed by atoms with Crippen LogP contribution in [-0.2, 0) is 0 Å². The summed E-state index contributed by atoms with van der Waals surface area (Å²) in [4.78, 5) is 10.4. The Morgan fingerprint density at radius 1 is 1.15 bits per heavy atom. The fourth-order valence-corrected chi connectivity index (χ4v) is 3.07. The average Bonchev–Trinajstić information content (AvgIpc) is 2.43. The smallest absolute Gasteiger partial charge is 0.269 e. The van der Waals surface area contributed by atoms with Crippen LogP contribution in [0.25, 0.3) is 0 Å². The number of rotatable bonds is 4.